The lowest BCUT2D eigenvalue weighted by atomic mass is 9.91. The van der Waals surface area contributed by atoms with E-state index in [2.05, 4.69) is 15.9 Å². The summed E-state index contributed by atoms with van der Waals surface area (Å²) in [4.78, 5) is 24.4. The normalized spacial score (nSPS) is 13.7. The lowest BCUT2D eigenvalue weighted by Crippen LogP contribution is -2.30. The molecule has 5 heteroatoms. The summed E-state index contributed by atoms with van der Waals surface area (Å²) in [6.45, 7) is 5.60. The molecule has 1 aromatic heterocycles. The summed E-state index contributed by atoms with van der Waals surface area (Å²) in [7, 11) is 1.69. The van der Waals surface area contributed by atoms with Crippen LogP contribution in [0.3, 0.4) is 0 Å². The van der Waals surface area contributed by atoms with Crippen LogP contribution in [-0.4, -0.2) is 10.4 Å². The van der Waals surface area contributed by atoms with Crippen molar-refractivity contribution in [2.24, 2.45) is 12.5 Å². The number of hydrogen-bond acceptors (Lipinski definition) is 3. The number of hydrogen-bond donors (Lipinski definition) is 0. The van der Waals surface area contributed by atoms with E-state index in [-0.39, 0.29) is 11.3 Å². The number of benzene rings is 1. The second-order valence-corrected chi connectivity index (χ2v) is 8.10. The van der Waals surface area contributed by atoms with Gasteiger partial charge in [0.15, 0.2) is 5.78 Å². The Morgan fingerprint density at radius 1 is 1.23 bits per heavy atom. The van der Waals surface area contributed by atoms with Crippen LogP contribution in [0.4, 0.5) is 0 Å². The molecule has 0 fully saturated rings. The fourth-order valence-corrected chi connectivity index (χ4v) is 3.04. The van der Waals surface area contributed by atoms with E-state index in [0.29, 0.717) is 9.20 Å². The van der Waals surface area contributed by atoms with E-state index in [0.717, 1.165) is 10.0 Å². The molecule has 1 aromatic carbocycles. The first-order chi connectivity index (χ1) is 10.2. The number of aromatic nitrogens is 1. The number of nitrogens with zero attached hydrogens (tertiary/aromatic N) is 1. The highest BCUT2D eigenvalue weighted by Crippen LogP contribution is 2.14. The number of rotatable bonds is 2. The SMILES string of the molecule is Cn1c(=CC(=O)C(C)(C)C)sc(=Cc2ccc(Br)cc2)c1=O. The maximum Gasteiger partial charge on any atom is 0.268 e. The molecule has 0 amide bonds. The number of carbonyl (C=O) groups excluding carboxylic acids is 1. The Morgan fingerprint density at radius 3 is 2.36 bits per heavy atom. The van der Waals surface area contributed by atoms with Crippen molar-refractivity contribution in [3.05, 3.63) is 53.9 Å². The smallest absolute Gasteiger partial charge is 0.268 e. The van der Waals surface area contributed by atoms with Crippen molar-refractivity contribution in [2.75, 3.05) is 0 Å². The van der Waals surface area contributed by atoms with Crippen molar-refractivity contribution in [3.8, 4) is 0 Å². The molecule has 0 aliphatic carbocycles. The van der Waals surface area contributed by atoms with Crippen molar-refractivity contribution in [2.45, 2.75) is 20.8 Å². The quantitative estimate of drug-likeness (QED) is 0.803. The van der Waals surface area contributed by atoms with Crippen LogP contribution in [0.15, 0.2) is 33.5 Å². The summed E-state index contributed by atoms with van der Waals surface area (Å²) in [5, 5.41) is 0. The molecule has 116 valence electrons. The fourth-order valence-electron chi connectivity index (χ4n) is 1.75. The van der Waals surface area contributed by atoms with Gasteiger partial charge < -0.3 is 4.57 Å². The van der Waals surface area contributed by atoms with Gasteiger partial charge in [-0.1, -0.05) is 48.8 Å². The van der Waals surface area contributed by atoms with Crippen molar-refractivity contribution in [1.82, 2.24) is 4.57 Å². The predicted molar refractivity (Wildman–Crippen MR) is 95.4 cm³/mol. The van der Waals surface area contributed by atoms with Crippen LogP contribution in [-0.2, 0) is 11.8 Å². The topological polar surface area (TPSA) is 39.1 Å². The van der Waals surface area contributed by atoms with Crippen LogP contribution in [0.2, 0.25) is 0 Å². The second kappa shape index (κ2) is 6.34. The molecule has 0 aliphatic heterocycles. The average Bonchev–Trinajstić information content (AvgIpc) is 2.69. The first-order valence-corrected chi connectivity index (χ1v) is 8.49. The zero-order chi connectivity index (χ0) is 16.5. The van der Waals surface area contributed by atoms with Crippen molar-refractivity contribution >= 4 is 45.2 Å². The van der Waals surface area contributed by atoms with Gasteiger partial charge in [0.2, 0.25) is 0 Å². The molecule has 0 saturated heterocycles. The van der Waals surface area contributed by atoms with Gasteiger partial charge in [-0.3, -0.25) is 9.59 Å². The lowest BCUT2D eigenvalue weighted by molar-refractivity contribution is -0.120. The predicted octanol–water partition coefficient (Wildman–Crippen LogP) is 2.43. The Balaban J connectivity index is 2.56. The molecule has 0 aliphatic rings. The molecular weight excluding hydrogens is 362 g/mol. The van der Waals surface area contributed by atoms with Gasteiger partial charge in [0.25, 0.3) is 5.56 Å². The largest absolute Gasteiger partial charge is 0.302 e. The van der Waals surface area contributed by atoms with Crippen molar-refractivity contribution in [3.63, 3.8) is 0 Å². The Labute approximate surface area is 141 Å². The third kappa shape index (κ3) is 3.84. The van der Waals surface area contributed by atoms with Crippen LogP contribution in [0.25, 0.3) is 12.2 Å². The van der Waals surface area contributed by atoms with Crippen molar-refractivity contribution < 1.29 is 4.79 Å². The Hall–Kier alpha value is -1.46. The minimum absolute atomic E-state index is 0.0135. The number of ketones is 1. The zero-order valence-corrected chi connectivity index (χ0v) is 15.4. The first-order valence-electron chi connectivity index (χ1n) is 6.88. The lowest BCUT2D eigenvalue weighted by Gasteiger charge is -2.12. The average molecular weight is 380 g/mol. The van der Waals surface area contributed by atoms with Gasteiger partial charge in [0.05, 0.1) is 4.53 Å². The van der Waals surface area contributed by atoms with Crippen LogP contribution < -0.4 is 14.8 Å². The molecule has 2 rings (SSSR count). The molecule has 0 saturated carbocycles. The van der Waals surface area contributed by atoms with Gasteiger partial charge in [-0.15, -0.1) is 11.3 Å². The van der Waals surface area contributed by atoms with Gasteiger partial charge in [-0.25, -0.2) is 0 Å². The highest BCUT2D eigenvalue weighted by atomic mass is 79.9. The molecule has 1 heterocycles. The van der Waals surface area contributed by atoms with Gasteiger partial charge in [0, 0.05) is 23.0 Å². The maximum atomic E-state index is 12.3. The number of carbonyl (C=O) groups is 1. The van der Waals surface area contributed by atoms with Crippen LogP contribution >= 0.6 is 27.3 Å². The van der Waals surface area contributed by atoms with Gasteiger partial charge in [-0.05, 0) is 23.8 Å². The van der Waals surface area contributed by atoms with Gasteiger partial charge >= 0.3 is 0 Å². The summed E-state index contributed by atoms with van der Waals surface area (Å²) in [6.07, 6.45) is 3.41. The van der Waals surface area contributed by atoms with Gasteiger partial charge in [0.1, 0.15) is 4.66 Å². The molecule has 22 heavy (non-hydrogen) atoms. The highest BCUT2D eigenvalue weighted by Gasteiger charge is 2.19. The summed E-state index contributed by atoms with van der Waals surface area (Å²) >= 11 is 4.72. The number of halogens is 1. The Kier molecular flexibility index (Phi) is 4.87. The highest BCUT2D eigenvalue weighted by molar-refractivity contribution is 9.10. The van der Waals surface area contributed by atoms with E-state index in [4.69, 9.17) is 0 Å². The van der Waals surface area contributed by atoms with E-state index in [1.165, 1.54) is 15.9 Å². The number of thiazole rings is 1. The molecule has 2 aromatic rings. The maximum absolute atomic E-state index is 12.3. The molecule has 0 radical (unpaired) electrons. The molecule has 0 spiro atoms. The van der Waals surface area contributed by atoms with Crippen LogP contribution in [0, 0.1) is 5.41 Å². The summed E-state index contributed by atoms with van der Waals surface area (Å²) in [5.41, 5.74) is 0.423. The molecule has 0 atom stereocenters. The Bertz CT molecular complexity index is 867. The second-order valence-electron chi connectivity index (χ2n) is 6.12. The minimum atomic E-state index is -0.449. The summed E-state index contributed by atoms with van der Waals surface area (Å²) < 4.78 is 3.82. The van der Waals surface area contributed by atoms with E-state index in [9.17, 15) is 9.59 Å². The monoisotopic (exact) mass is 379 g/mol. The summed E-state index contributed by atoms with van der Waals surface area (Å²) in [6, 6.07) is 7.74. The zero-order valence-electron chi connectivity index (χ0n) is 13.0. The third-order valence-electron chi connectivity index (χ3n) is 3.22. The molecule has 0 N–H and O–H groups in total. The van der Waals surface area contributed by atoms with Crippen LogP contribution in [0.5, 0.6) is 0 Å². The third-order valence-corrected chi connectivity index (χ3v) is 4.86. The molecular formula is C17H18BrNO2S. The minimum Gasteiger partial charge on any atom is -0.302 e. The number of Topliss-reactive ketones (excluding diaryl/α,β-unsaturated/α-hetero) is 1. The molecule has 0 bridgehead atoms. The molecule has 0 unspecified atom stereocenters. The van der Waals surface area contributed by atoms with E-state index >= 15 is 0 Å². The van der Waals surface area contributed by atoms with Crippen molar-refractivity contribution in [1.29, 1.82) is 0 Å². The van der Waals surface area contributed by atoms with E-state index in [1.807, 2.05) is 51.1 Å². The van der Waals surface area contributed by atoms with E-state index in [1.54, 1.807) is 13.1 Å². The first kappa shape index (κ1) is 16.9. The van der Waals surface area contributed by atoms with Gasteiger partial charge in [-0.2, -0.15) is 0 Å². The van der Waals surface area contributed by atoms with E-state index < -0.39 is 5.41 Å². The molecule has 3 nitrogen and oxygen atoms in total. The fraction of sp³-hybridized carbons (Fsp3) is 0.294. The summed E-state index contributed by atoms with van der Waals surface area (Å²) in [5.74, 6) is 0.0135. The van der Waals surface area contributed by atoms with Crippen LogP contribution in [0.1, 0.15) is 26.3 Å². The standard InChI is InChI=1S/C17H18BrNO2S/c1-17(2,3)14(20)10-15-19(4)16(21)13(22-15)9-11-5-7-12(18)8-6-11/h5-10H,1-4H3. The Morgan fingerprint density at radius 2 is 1.82 bits per heavy atom.